The number of rotatable bonds is 7. The number of carbonyl (C=O) groups is 3. The van der Waals surface area contributed by atoms with Gasteiger partial charge in [-0.2, -0.15) is 0 Å². The van der Waals surface area contributed by atoms with Crippen LogP contribution in [0.4, 0.5) is 21.9 Å². The van der Waals surface area contributed by atoms with Gasteiger partial charge < -0.3 is 20.9 Å². The Morgan fingerprint density at radius 1 is 0.706 bits per heavy atom. The van der Waals surface area contributed by atoms with Gasteiger partial charge in [0.2, 0.25) is 5.91 Å². The number of hydrogen-bond donors (Lipinski definition) is 3. The van der Waals surface area contributed by atoms with E-state index in [9.17, 15) is 14.4 Å². The van der Waals surface area contributed by atoms with Gasteiger partial charge in [0.25, 0.3) is 5.91 Å². The summed E-state index contributed by atoms with van der Waals surface area (Å²) in [5, 5.41) is 8.40. The van der Waals surface area contributed by atoms with Crippen LogP contribution in [-0.2, 0) is 4.79 Å². The molecule has 34 heavy (non-hydrogen) atoms. The van der Waals surface area contributed by atoms with Crippen LogP contribution >= 0.6 is 11.8 Å². The van der Waals surface area contributed by atoms with Gasteiger partial charge >= 0.3 is 6.03 Å². The van der Waals surface area contributed by atoms with Gasteiger partial charge in [0.15, 0.2) is 0 Å². The number of benzene rings is 3. The predicted octanol–water partition coefficient (Wildman–Crippen LogP) is 5.30. The van der Waals surface area contributed by atoms with Gasteiger partial charge in [0.05, 0.1) is 11.3 Å². The molecule has 1 heterocycles. The van der Waals surface area contributed by atoms with Crippen molar-refractivity contribution < 1.29 is 14.4 Å². The van der Waals surface area contributed by atoms with Crippen LogP contribution in [0.1, 0.15) is 23.2 Å². The summed E-state index contributed by atoms with van der Waals surface area (Å²) < 4.78 is 0. The topological polar surface area (TPSA) is 90.5 Å². The van der Waals surface area contributed by atoms with E-state index in [0.29, 0.717) is 28.4 Å². The van der Waals surface area contributed by atoms with E-state index >= 15 is 0 Å². The Labute approximate surface area is 202 Å². The van der Waals surface area contributed by atoms with Crippen molar-refractivity contribution in [3.8, 4) is 0 Å². The van der Waals surface area contributed by atoms with Crippen LogP contribution < -0.4 is 16.0 Å². The lowest BCUT2D eigenvalue weighted by atomic mass is 10.2. The number of para-hydroxylation sites is 1. The summed E-state index contributed by atoms with van der Waals surface area (Å²) in [5.41, 5.74) is 2.42. The molecule has 3 N–H and O–H groups in total. The normalized spacial score (nSPS) is 12.8. The second kappa shape index (κ2) is 11.4. The molecule has 0 bridgehead atoms. The average molecular weight is 475 g/mol. The summed E-state index contributed by atoms with van der Waals surface area (Å²) in [7, 11) is 0. The molecule has 1 aliphatic heterocycles. The van der Waals surface area contributed by atoms with Crippen molar-refractivity contribution >= 4 is 46.7 Å². The molecule has 1 aliphatic rings. The Morgan fingerprint density at radius 2 is 1.26 bits per heavy atom. The minimum absolute atomic E-state index is 0.108. The predicted molar refractivity (Wildman–Crippen MR) is 136 cm³/mol. The van der Waals surface area contributed by atoms with Crippen LogP contribution in [0.5, 0.6) is 0 Å². The molecule has 0 radical (unpaired) electrons. The van der Waals surface area contributed by atoms with Gasteiger partial charge in [-0.1, -0.05) is 30.3 Å². The molecule has 0 atom stereocenters. The van der Waals surface area contributed by atoms with Crippen LogP contribution in [0.25, 0.3) is 0 Å². The van der Waals surface area contributed by atoms with Gasteiger partial charge in [-0.05, 0) is 61.4 Å². The van der Waals surface area contributed by atoms with Gasteiger partial charge in [-0.25, -0.2) is 4.79 Å². The molecule has 3 aromatic rings. The Kier molecular flexibility index (Phi) is 7.83. The largest absolute Gasteiger partial charge is 0.342 e. The third kappa shape index (κ3) is 6.39. The third-order valence-electron chi connectivity index (χ3n) is 5.37. The van der Waals surface area contributed by atoms with Crippen molar-refractivity contribution in [1.82, 2.24) is 4.90 Å². The SMILES string of the molecule is O=C(Nc1ccccc1)Nc1ccc(NC(=O)c2ccccc2SCC(=O)N2CCCC2)cc1. The van der Waals surface area contributed by atoms with E-state index in [1.807, 2.05) is 35.2 Å². The highest BCUT2D eigenvalue weighted by Crippen LogP contribution is 2.25. The second-order valence-electron chi connectivity index (χ2n) is 7.85. The van der Waals surface area contributed by atoms with Gasteiger partial charge in [0, 0.05) is 35.0 Å². The first-order valence-electron chi connectivity index (χ1n) is 11.1. The van der Waals surface area contributed by atoms with Crippen molar-refractivity contribution in [3.05, 3.63) is 84.4 Å². The maximum Gasteiger partial charge on any atom is 0.323 e. The van der Waals surface area contributed by atoms with Crippen molar-refractivity contribution in [2.45, 2.75) is 17.7 Å². The first-order chi connectivity index (χ1) is 16.6. The van der Waals surface area contributed by atoms with Crippen molar-refractivity contribution in [1.29, 1.82) is 0 Å². The van der Waals surface area contributed by atoms with Crippen LogP contribution in [0.2, 0.25) is 0 Å². The summed E-state index contributed by atoms with van der Waals surface area (Å²) >= 11 is 1.38. The van der Waals surface area contributed by atoms with Crippen molar-refractivity contribution in [3.63, 3.8) is 0 Å². The molecule has 0 saturated carbocycles. The molecule has 4 rings (SSSR count). The zero-order valence-electron chi connectivity index (χ0n) is 18.6. The van der Waals surface area contributed by atoms with Crippen molar-refractivity contribution in [2.75, 3.05) is 34.8 Å². The van der Waals surface area contributed by atoms with E-state index in [2.05, 4.69) is 16.0 Å². The minimum atomic E-state index is -0.350. The number of anilines is 3. The number of likely N-dealkylation sites (tertiary alicyclic amines) is 1. The number of thioether (sulfide) groups is 1. The molecule has 3 aromatic carbocycles. The molecule has 1 fully saturated rings. The first-order valence-corrected chi connectivity index (χ1v) is 12.1. The summed E-state index contributed by atoms with van der Waals surface area (Å²) in [4.78, 5) is 40.1. The zero-order chi connectivity index (χ0) is 23.8. The van der Waals surface area contributed by atoms with E-state index < -0.39 is 0 Å². The molecule has 7 nitrogen and oxygen atoms in total. The zero-order valence-corrected chi connectivity index (χ0v) is 19.4. The molecular weight excluding hydrogens is 448 g/mol. The monoisotopic (exact) mass is 474 g/mol. The lowest BCUT2D eigenvalue weighted by Gasteiger charge is -2.15. The highest BCUT2D eigenvalue weighted by atomic mass is 32.2. The van der Waals surface area contributed by atoms with Crippen LogP contribution in [0.15, 0.2) is 83.8 Å². The van der Waals surface area contributed by atoms with E-state index in [1.165, 1.54) is 11.8 Å². The lowest BCUT2D eigenvalue weighted by molar-refractivity contribution is -0.127. The Balaban J connectivity index is 1.32. The molecular formula is C26H26N4O3S. The summed E-state index contributed by atoms with van der Waals surface area (Å²) in [6, 6.07) is 23.0. The molecule has 0 unspecified atom stereocenters. The summed E-state index contributed by atoms with van der Waals surface area (Å²) in [5.74, 6) is 0.173. The number of amides is 4. The molecule has 4 amide bonds. The fourth-order valence-corrected chi connectivity index (χ4v) is 4.58. The summed E-state index contributed by atoms with van der Waals surface area (Å²) in [6.07, 6.45) is 2.11. The lowest BCUT2D eigenvalue weighted by Crippen LogP contribution is -2.29. The van der Waals surface area contributed by atoms with E-state index in [-0.39, 0.29) is 17.8 Å². The molecule has 0 spiro atoms. The fraction of sp³-hybridized carbons (Fsp3) is 0.192. The highest BCUT2D eigenvalue weighted by Gasteiger charge is 2.19. The molecule has 0 aromatic heterocycles. The Bertz CT molecular complexity index is 1150. The van der Waals surface area contributed by atoms with Crippen molar-refractivity contribution in [2.24, 2.45) is 0 Å². The number of nitrogens with zero attached hydrogens (tertiary/aromatic N) is 1. The number of carbonyl (C=O) groups excluding carboxylic acids is 3. The standard InChI is InChI=1S/C26H26N4O3S/c31-24(30-16-6-7-17-30)18-34-23-11-5-4-10-22(23)25(32)27-20-12-14-21(15-13-20)29-26(33)28-19-8-2-1-3-9-19/h1-5,8-15H,6-7,16-18H2,(H,27,32)(H2,28,29,33). The van der Waals surface area contributed by atoms with Crippen LogP contribution in [0.3, 0.4) is 0 Å². The number of urea groups is 1. The maximum atomic E-state index is 12.9. The highest BCUT2D eigenvalue weighted by molar-refractivity contribution is 8.00. The third-order valence-corrected chi connectivity index (χ3v) is 6.43. The van der Waals surface area contributed by atoms with E-state index in [4.69, 9.17) is 0 Å². The Morgan fingerprint density at radius 3 is 1.94 bits per heavy atom. The van der Waals surface area contributed by atoms with E-state index in [0.717, 1.165) is 30.8 Å². The second-order valence-corrected chi connectivity index (χ2v) is 8.87. The number of hydrogen-bond acceptors (Lipinski definition) is 4. The fourth-order valence-electron chi connectivity index (χ4n) is 3.63. The number of nitrogens with one attached hydrogen (secondary N) is 3. The van der Waals surface area contributed by atoms with Crippen LogP contribution in [-0.4, -0.2) is 41.6 Å². The minimum Gasteiger partial charge on any atom is -0.342 e. The molecule has 0 aliphatic carbocycles. The van der Waals surface area contributed by atoms with Gasteiger partial charge in [-0.3, -0.25) is 9.59 Å². The molecule has 174 valence electrons. The quantitative estimate of drug-likeness (QED) is 0.406. The molecule has 8 heteroatoms. The maximum absolute atomic E-state index is 12.9. The van der Waals surface area contributed by atoms with E-state index in [1.54, 1.807) is 48.5 Å². The summed E-state index contributed by atoms with van der Waals surface area (Å²) in [6.45, 7) is 1.64. The van der Waals surface area contributed by atoms with Gasteiger partial charge in [-0.15, -0.1) is 11.8 Å². The molecule has 1 saturated heterocycles. The average Bonchev–Trinajstić information content (AvgIpc) is 3.40. The smallest absolute Gasteiger partial charge is 0.323 e. The first kappa shape index (κ1) is 23.4. The van der Waals surface area contributed by atoms with Gasteiger partial charge in [0.1, 0.15) is 0 Å². The Hall–Kier alpha value is -3.78. The van der Waals surface area contributed by atoms with Crippen LogP contribution in [0, 0.1) is 0 Å².